The Hall–Kier alpha value is -3.06. The van der Waals surface area contributed by atoms with Gasteiger partial charge in [-0.05, 0) is 27.8 Å². The molecule has 0 saturated heterocycles. The summed E-state index contributed by atoms with van der Waals surface area (Å²) in [5.74, 6) is 0. The van der Waals surface area contributed by atoms with Crippen molar-refractivity contribution in [2.75, 3.05) is 11.9 Å². The first-order valence-electron chi connectivity index (χ1n) is 8.28. The average molecular weight is 307 g/mol. The summed E-state index contributed by atoms with van der Waals surface area (Å²) in [5, 5.41) is 5.16. The molecule has 0 amide bonds. The van der Waals surface area contributed by atoms with Crippen molar-refractivity contribution in [3.8, 4) is 0 Å². The third-order valence-corrected chi connectivity index (χ3v) is 5.01. The maximum atomic E-state index is 2.33. The van der Waals surface area contributed by atoms with Gasteiger partial charge in [0.15, 0.2) is 0 Å². The molecule has 5 rings (SSSR count). The highest BCUT2D eigenvalue weighted by Gasteiger charge is 2.18. The van der Waals surface area contributed by atoms with Crippen molar-refractivity contribution in [3.63, 3.8) is 0 Å². The summed E-state index contributed by atoms with van der Waals surface area (Å²) in [6.45, 7) is 0. The van der Waals surface area contributed by atoms with Crippen LogP contribution in [0.15, 0.2) is 72.8 Å². The molecule has 4 aromatic rings. The van der Waals surface area contributed by atoms with Crippen LogP contribution in [0.1, 0.15) is 11.1 Å². The van der Waals surface area contributed by atoms with E-state index in [2.05, 4.69) is 96.9 Å². The van der Waals surface area contributed by atoms with Crippen molar-refractivity contribution in [1.82, 2.24) is 0 Å². The van der Waals surface area contributed by atoms with Crippen LogP contribution >= 0.6 is 0 Å². The fourth-order valence-electron chi connectivity index (χ4n) is 3.83. The van der Waals surface area contributed by atoms with Gasteiger partial charge in [0, 0.05) is 23.7 Å². The molecule has 4 aromatic carbocycles. The number of benzene rings is 4. The van der Waals surface area contributed by atoms with Crippen LogP contribution in [0.4, 0.5) is 11.4 Å². The van der Waals surface area contributed by atoms with E-state index in [0.29, 0.717) is 0 Å². The molecule has 1 nitrogen and oxygen atoms in total. The highest BCUT2D eigenvalue weighted by molar-refractivity contribution is 6.07. The van der Waals surface area contributed by atoms with Crippen LogP contribution in [0.2, 0.25) is 0 Å². The maximum absolute atomic E-state index is 2.33. The molecule has 0 spiro atoms. The Balaban J connectivity index is 1.87. The molecule has 0 bridgehead atoms. The zero-order valence-corrected chi connectivity index (χ0v) is 13.5. The summed E-state index contributed by atoms with van der Waals surface area (Å²) in [5.41, 5.74) is 5.07. The molecule has 1 heterocycles. The molecular weight excluding hydrogens is 290 g/mol. The van der Waals surface area contributed by atoms with Crippen molar-refractivity contribution >= 4 is 45.1 Å². The van der Waals surface area contributed by atoms with Gasteiger partial charge < -0.3 is 4.90 Å². The lowest BCUT2D eigenvalue weighted by Gasteiger charge is -2.24. The number of nitrogens with zero attached hydrogens (tertiary/aromatic N) is 1. The van der Waals surface area contributed by atoms with Crippen LogP contribution < -0.4 is 4.90 Å². The molecule has 114 valence electrons. The number of hydrogen-bond acceptors (Lipinski definition) is 1. The molecule has 0 fully saturated rings. The Kier molecular flexibility index (Phi) is 2.77. The predicted octanol–water partition coefficient (Wildman–Crippen LogP) is 6.24. The van der Waals surface area contributed by atoms with Gasteiger partial charge in [-0.3, -0.25) is 0 Å². The monoisotopic (exact) mass is 307 g/mol. The third kappa shape index (κ3) is 1.82. The SMILES string of the molecule is CN1c2ccc3ccccc3c2C=Cc2ccc3ccccc3c21. The smallest absolute Gasteiger partial charge is 0.0561 e. The van der Waals surface area contributed by atoms with Crippen molar-refractivity contribution < 1.29 is 0 Å². The van der Waals surface area contributed by atoms with E-state index in [-0.39, 0.29) is 0 Å². The van der Waals surface area contributed by atoms with Gasteiger partial charge in [0.05, 0.1) is 5.69 Å². The average Bonchev–Trinajstić information content (AvgIpc) is 2.79. The van der Waals surface area contributed by atoms with Crippen LogP contribution in [0.25, 0.3) is 33.7 Å². The lowest BCUT2D eigenvalue weighted by atomic mass is 10.0. The van der Waals surface area contributed by atoms with Crippen LogP contribution in [-0.2, 0) is 0 Å². The molecule has 1 heteroatoms. The fourth-order valence-corrected chi connectivity index (χ4v) is 3.83. The quantitative estimate of drug-likeness (QED) is 0.371. The summed E-state index contributed by atoms with van der Waals surface area (Å²) in [4.78, 5) is 2.33. The molecule has 0 saturated carbocycles. The first-order valence-corrected chi connectivity index (χ1v) is 8.28. The van der Waals surface area contributed by atoms with Gasteiger partial charge in [-0.1, -0.05) is 78.9 Å². The predicted molar refractivity (Wildman–Crippen MR) is 105 cm³/mol. The second-order valence-electron chi connectivity index (χ2n) is 6.34. The second-order valence-corrected chi connectivity index (χ2v) is 6.34. The first kappa shape index (κ1) is 13.4. The second kappa shape index (κ2) is 4.97. The maximum Gasteiger partial charge on any atom is 0.0561 e. The highest BCUT2D eigenvalue weighted by atomic mass is 15.1. The third-order valence-electron chi connectivity index (χ3n) is 5.01. The number of anilines is 2. The van der Waals surface area contributed by atoms with Gasteiger partial charge in [0.1, 0.15) is 0 Å². The lowest BCUT2D eigenvalue weighted by molar-refractivity contribution is 1.22. The molecule has 0 atom stereocenters. The Morgan fingerprint density at radius 3 is 2.12 bits per heavy atom. The summed E-state index contributed by atoms with van der Waals surface area (Å²) < 4.78 is 0. The van der Waals surface area contributed by atoms with E-state index < -0.39 is 0 Å². The Labute approximate surface area is 141 Å². The minimum Gasteiger partial charge on any atom is -0.343 e. The summed E-state index contributed by atoms with van der Waals surface area (Å²) in [6, 6.07) is 26.1. The first-order chi connectivity index (χ1) is 11.8. The molecule has 0 aromatic heterocycles. The van der Waals surface area contributed by atoms with Crippen molar-refractivity contribution in [2.24, 2.45) is 0 Å². The molecule has 0 radical (unpaired) electrons. The molecule has 0 aliphatic carbocycles. The Morgan fingerprint density at radius 1 is 0.625 bits per heavy atom. The lowest BCUT2D eigenvalue weighted by Crippen LogP contribution is -2.11. The van der Waals surface area contributed by atoms with Crippen LogP contribution in [0, 0.1) is 0 Å². The van der Waals surface area contributed by atoms with Gasteiger partial charge in [-0.15, -0.1) is 0 Å². The van der Waals surface area contributed by atoms with E-state index in [1.165, 1.54) is 44.0 Å². The molecular formula is C23H17N. The van der Waals surface area contributed by atoms with Gasteiger partial charge in [0.25, 0.3) is 0 Å². The minimum absolute atomic E-state index is 1.25. The number of rotatable bonds is 0. The summed E-state index contributed by atoms with van der Waals surface area (Å²) in [6.07, 6.45) is 4.51. The Morgan fingerprint density at radius 2 is 1.29 bits per heavy atom. The summed E-state index contributed by atoms with van der Waals surface area (Å²) in [7, 11) is 2.17. The van der Waals surface area contributed by atoms with Gasteiger partial charge in [-0.2, -0.15) is 0 Å². The normalized spacial score (nSPS) is 13.0. The topological polar surface area (TPSA) is 3.24 Å². The van der Waals surface area contributed by atoms with E-state index in [1.54, 1.807) is 0 Å². The van der Waals surface area contributed by atoms with Crippen molar-refractivity contribution in [2.45, 2.75) is 0 Å². The van der Waals surface area contributed by atoms with Crippen LogP contribution in [-0.4, -0.2) is 7.05 Å². The molecule has 1 aliphatic heterocycles. The summed E-state index contributed by atoms with van der Waals surface area (Å²) >= 11 is 0. The van der Waals surface area contributed by atoms with Crippen LogP contribution in [0.5, 0.6) is 0 Å². The van der Waals surface area contributed by atoms with Gasteiger partial charge in [0.2, 0.25) is 0 Å². The van der Waals surface area contributed by atoms with Gasteiger partial charge in [-0.25, -0.2) is 0 Å². The van der Waals surface area contributed by atoms with E-state index >= 15 is 0 Å². The van der Waals surface area contributed by atoms with Gasteiger partial charge >= 0.3 is 0 Å². The number of hydrogen-bond donors (Lipinski definition) is 0. The zero-order chi connectivity index (χ0) is 16.1. The molecule has 0 N–H and O–H groups in total. The van der Waals surface area contributed by atoms with Crippen molar-refractivity contribution in [1.29, 1.82) is 0 Å². The molecule has 0 unspecified atom stereocenters. The van der Waals surface area contributed by atoms with Crippen molar-refractivity contribution in [3.05, 3.63) is 83.9 Å². The van der Waals surface area contributed by atoms with E-state index in [0.717, 1.165) is 0 Å². The van der Waals surface area contributed by atoms with E-state index in [9.17, 15) is 0 Å². The highest BCUT2D eigenvalue weighted by Crippen LogP contribution is 2.41. The molecule has 24 heavy (non-hydrogen) atoms. The van der Waals surface area contributed by atoms with E-state index in [1.807, 2.05) is 0 Å². The standard InChI is InChI=1S/C23H17N/c1-24-22-15-13-16-6-2-4-8-19(16)21(22)14-12-18-11-10-17-7-3-5-9-20(17)23(18)24/h2-15H,1H3. The Bertz CT molecular complexity index is 1120. The molecule has 1 aliphatic rings. The minimum atomic E-state index is 1.25. The largest absolute Gasteiger partial charge is 0.343 e. The van der Waals surface area contributed by atoms with E-state index in [4.69, 9.17) is 0 Å². The zero-order valence-electron chi connectivity index (χ0n) is 13.5. The van der Waals surface area contributed by atoms with Crippen LogP contribution in [0.3, 0.4) is 0 Å². The number of fused-ring (bicyclic) bond motifs is 6. The fraction of sp³-hybridized carbons (Fsp3) is 0.0435.